The van der Waals surface area contributed by atoms with Gasteiger partial charge >= 0.3 is 5.97 Å². The molecule has 1 heterocycles. The summed E-state index contributed by atoms with van der Waals surface area (Å²) in [6.45, 7) is 15.4. The lowest BCUT2D eigenvalue weighted by Crippen LogP contribution is -2.53. The van der Waals surface area contributed by atoms with E-state index in [-0.39, 0.29) is 22.6 Å². The smallest absolute Gasteiger partial charge is 0.323 e. The van der Waals surface area contributed by atoms with E-state index in [1.165, 1.54) is 12.7 Å². The van der Waals surface area contributed by atoms with Crippen molar-refractivity contribution in [3.63, 3.8) is 0 Å². The van der Waals surface area contributed by atoms with Crippen molar-refractivity contribution in [1.82, 2.24) is 5.32 Å². The van der Waals surface area contributed by atoms with Crippen LogP contribution in [0.3, 0.4) is 0 Å². The van der Waals surface area contributed by atoms with Crippen LogP contribution in [-0.2, 0) is 21.5 Å². The Morgan fingerprint density at radius 2 is 1.92 bits per heavy atom. The second kappa shape index (κ2) is 6.19. The van der Waals surface area contributed by atoms with Crippen LogP contribution in [0.2, 0.25) is 18.1 Å². The van der Waals surface area contributed by atoms with E-state index < -0.39 is 8.32 Å². The number of rotatable bonds is 3. The molecular formula is C19H31NO3Si. The molecule has 1 aliphatic heterocycles. The van der Waals surface area contributed by atoms with Crippen molar-refractivity contribution in [2.24, 2.45) is 0 Å². The molecule has 0 amide bonds. The van der Waals surface area contributed by atoms with Gasteiger partial charge in [0.15, 0.2) is 0 Å². The van der Waals surface area contributed by atoms with Gasteiger partial charge in [-0.25, -0.2) is 0 Å². The Labute approximate surface area is 147 Å². The van der Waals surface area contributed by atoms with Crippen molar-refractivity contribution >= 4 is 14.3 Å². The van der Waals surface area contributed by atoms with Crippen molar-refractivity contribution in [3.8, 4) is 5.75 Å². The summed E-state index contributed by atoms with van der Waals surface area (Å²) < 4.78 is 11.4. The van der Waals surface area contributed by atoms with Crippen molar-refractivity contribution in [1.29, 1.82) is 0 Å². The summed E-state index contributed by atoms with van der Waals surface area (Å²) in [5.41, 5.74) is 2.10. The second-order valence-electron chi connectivity index (χ2n) is 8.73. The second-order valence-corrected chi connectivity index (χ2v) is 13.5. The highest BCUT2D eigenvalue weighted by molar-refractivity contribution is 6.74. The van der Waals surface area contributed by atoms with E-state index in [1.54, 1.807) is 0 Å². The van der Waals surface area contributed by atoms with Crippen LogP contribution in [0.25, 0.3) is 0 Å². The van der Waals surface area contributed by atoms with Gasteiger partial charge in [0, 0.05) is 5.54 Å². The normalized spacial score (nSPS) is 20.2. The van der Waals surface area contributed by atoms with Gasteiger partial charge in [-0.15, -0.1) is 0 Å². The highest BCUT2D eigenvalue weighted by atomic mass is 28.4. The third kappa shape index (κ3) is 3.67. The highest BCUT2D eigenvalue weighted by Gasteiger charge is 2.40. The van der Waals surface area contributed by atoms with Gasteiger partial charge in [-0.3, -0.25) is 10.1 Å². The summed E-state index contributed by atoms with van der Waals surface area (Å²) in [5.74, 6) is 0.686. The minimum Gasteiger partial charge on any atom is -0.543 e. The number of methoxy groups -OCH3 is 1. The third-order valence-corrected chi connectivity index (χ3v) is 9.73. The minimum atomic E-state index is -1.88. The summed E-state index contributed by atoms with van der Waals surface area (Å²) in [7, 11) is -0.446. The molecule has 0 bridgehead atoms. The summed E-state index contributed by atoms with van der Waals surface area (Å²) >= 11 is 0. The fourth-order valence-corrected chi connectivity index (χ4v) is 3.95. The Kier molecular flexibility index (Phi) is 4.90. The molecule has 4 nitrogen and oxygen atoms in total. The molecule has 2 rings (SSSR count). The Bertz CT molecular complexity index is 632. The first-order valence-electron chi connectivity index (χ1n) is 8.55. The van der Waals surface area contributed by atoms with E-state index >= 15 is 0 Å². The monoisotopic (exact) mass is 349 g/mol. The van der Waals surface area contributed by atoms with Crippen LogP contribution in [0.5, 0.6) is 5.75 Å². The number of ether oxygens (including phenoxy) is 1. The molecule has 134 valence electrons. The van der Waals surface area contributed by atoms with E-state index in [4.69, 9.17) is 9.16 Å². The van der Waals surface area contributed by atoms with Gasteiger partial charge in [0.25, 0.3) is 0 Å². The van der Waals surface area contributed by atoms with Gasteiger partial charge in [-0.1, -0.05) is 26.8 Å². The molecule has 24 heavy (non-hydrogen) atoms. The van der Waals surface area contributed by atoms with E-state index in [0.29, 0.717) is 6.42 Å². The standard InChI is InChI=1S/C19H31NO3Si/c1-18(2,3)24(7,8)23-14-9-10-15-13(11-14)12-16(17(21)22-6)20-19(15,4)5/h9-11,16,20H,12H2,1-8H3. The first-order chi connectivity index (χ1) is 10.9. The molecule has 0 saturated carbocycles. The molecule has 1 aromatic carbocycles. The maximum absolute atomic E-state index is 12.0. The lowest BCUT2D eigenvalue weighted by atomic mass is 9.82. The quantitative estimate of drug-likeness (QED) is 0.662. The molecule has 5 heteroatoms. The molecule has 0 aromatic heterocycles. The first kappa shape index (κ1) is 19.0. The van der Waals surface area contributed by atoms with Gasteiger partial charge in [0.1, 0.15) is 11.8 Å². The molecule has 0 fully saturated rings. The fourth-order valence-electron chi connectivity index (χ4n) is 2.93. The molecule has 0 saturated heterocycles. The van der Waals surface area contributed by atoms with Crippen molar-refractivity contribution in [2.75, 3.05) is 7.11 Å². The van der Waals surface area contributed by atoms with E-state index in [0.717, 1.165) is 11.3 Å². The molecule has 1 N–H and O–H groups in total. The molecule has 1 atom stereocenters. The Hall–Kier alpha value is -1.33. The van der Waals surface area contributed by atoms with Crippen LogP contribution in [0.1, 0.15) is 45.7 Å². The van der Waals surface area contributed by atoms with Crippen LogP contribution in [0, 0.1) is 0 Å². The summed E-state index contributed by atoms with van der Waals surface area (Å²) in [6, 6.07) is 5.97. The average Bonchev–Trinajstić information content (AvgIpc) is 2.43. The maximum atomic E-state index is 12.0. The number of hydrogen-bond donors (Lipinski definition) is 1. The van der Waals surface area contributed by atoms with E-state index in [1.807, 2.05) is 0 Å². The molecular weight excluding hydrogens is 318 g/mol. The highest BCUT2D eigenvalue weighted by Crippen LogP contribution is 2.39. The maximum Gasteiger partial charge on any atom is 0.323 e. The fraction of sp³-hybridized carbons (Fsp3) is 0.632. The van der Waals surface area contributed by atoms with Crippen molar-refractivity contribution in [3.05, 3.63) is 29.3 Å². The molecule has 1 unspecified atom stereocenters. The lowest BCUT2D eigenvalue weighted by Gasteiger charge is -2.39. The van der Waals surface area contributed by atoms with Gasteiger partial charge in [-0.2, -0.15) is 0 Å². The SMILES string of the molecule is COC(=O)C1Cc2cc(O[Si](C)(C)C(C)(C)C)ccc2C(C)(C)N1. The van der Waals surface area contributed by atoms with Crippen LogP contribution < -0.4 is 9.74 Å². The number of carbonyl (C=O) groups is 1. The zero-order valence-electron chi connectivity index (χ0n) is 16.2. The van der Waals surface area contributed by atoms with Gasteiger partial charge < -0.3 is 9.16 Å². The van der Waals surface area contributed by atoms with E-state index in [2.05, 4.69) is 71.2 Å². The van der Waals surface area contributed by atoms with Gasteiger partial charge in [0.05, 0.1) is 7.11 Å². The Morgan fingerprint density at radius 3 is 2.46 bits per heavy atom. The summed E-state index contributed by atoms with van der Waals surface area (Å²) in [6.07, 6.45) is 0.625. The number of carbonyl (C=O) groups excluding carboxylic acids is 1. The molecule has 0 spiro atoms. The molecule has 1 aromatic rings. The Morgan fingerprint density at radius 1 is 1.29 bits per heavy atom. The first-order valence-corrected chi connectivity index (χ1v) is 11.5. The Balaban J connectivity index is 2.35. The topological polar surface area (TPSA) is 47.6 Å². The van der Waals surface area contributed by atoms with Crippen LogP contribution >= 0.6 is 0 Å². The largest absolute Gasteiger partial charge is 0.543 e. The van der Waals surface area contributed by atoms with Crippen LogP contribution in [-0.4, -0.2) is 27.4 Å². The third-order valence-electron chi connectivity index (χ3n) is 5.37. The minimum absolute atomic E-state index is 0.151. The number of esters is 1. The van der Waals surface area contributed by atoms with Crippen LogP contribution in [0.4, 0.5) is 0 Å². The lowest BCUT2D eigenvalue weighted by molar-refractivity contribution is -0.144. The van der Waals surface area contributed by atoms with Gasteiger partial charge in [-0.05, 0) is 61.7 Å². The predicted octanol–water partition coefficient (Wildman–Crippen LogP) is 3.99. The zero-order valence-corrected chi connectivity index (χ0v) is 17.2. The van der Waals surface area contributed by atoms with E-state index in [9.17, 15) is 4.79 Å². The number of fused-ring (bicyclic) bond motifs is 1. The number of benzene rings is 1. The molecule has 0 radical (unpaired) electrons. The molecule has 1 aliphatic rings. The van der Waals surface area contributed by atoms with Crippen LogP contribution in [0.15, 0.2) is 18.2 Å². The summed E-state index contributed by atoms with van der Waals surface area (Å²) in [4.78, 5) is 12.0. The predicted molar refractivity (Wildman–Crippen MR) is 99.9 cm³/mol. The average molecular weight is 350 g/mol. The zero-order chi connectivity index (χ0) is 18.3. The van der Waals surface area contributed by atoms with Gasteiger partial charge in [0.2, 0.25) is 8.32 Å². The van der Waals surface area contributed by atoms with Crippen molar-refractivity contribution in [2.45, 2.75) is 70.8 Å². The number of nitrogens with one attached hydrogen (secondary N) is 1. The summed E-state index contributed by atoms with van der Waals surface area (Å²) in [5, 5.41) is 3.54. The van der Waals surface area contributed by atoms with Crippen molar-refractivity contribution < 1.29 is 14.0 Å². The molecule has 0 aliphatic carbocycles. The number of hydrogen-bond acceptors (Lipinski definition) is 4.